The summed E-state index contributed by atoms with van der Waals surface area (Å²) in [5, 5.41) is 12.1. The Morgan fingerprint density at radius 3 is 2.82 bits per heavy atom. The van der Waals surface area contributed by atoms with Crippen molar-refractivity contribution in [1.29, 1.82) is 0 Å². The smallest absolute Gasteiger partial charge is 0.326 e. The van der Waals surface area contributed by atoms with Crippen molar-refractivity contribution in [1.82, 2.24) is 4.98 Å². The van der Waals surface area contributed by atoms with Crippen LogP contribution in [0.5, 0.6) is 5.88 Å². The summed E-state index contributed by atoms with van der Waals surface area (Å²) in [5.41, 5.74) is 0.699. The lowest BCUT2D eigenvalue weighted by atomic mass is 10.0. The molecule has 5 nitrogen and oxygen atoms in total. The number of nitrogens with zero attached hydrogens (tertiary/aromatic N) is 1. The Balaban J connectivity index is 2.74. The molecule has 0 fully saturated rings. The van der Waals surface area contributed by atoms with Crippen LogP contribution in [-0.2, 0) is 4.79 Å². The second kappa shape index (κ2) is 6.08. The SMILES string of the molecule is COc1cc(NC(CC(C)C)C(=O)O)ccn1. The van der Waals surface area contributed by atoms with Crippen molar-refractivity contribution in [3.05, 3.63) is 18.3 Å². The minimum absolute atomic E-state index is 0.312. The molecule has 5 heteroatoms. The Labute approximate surface area is 101 Å². The zero-order chi connectivity index (χ0) is 12.8. The zero-order valence-electron chi connectivity index (χ0n) is 10.3. The molecule has 0 aliphatic heterocycles. The van der Waals surface area contributed by atoms with Gasteiger partial charge in [0.25, 0.3) is 0 Å². The Kier molecular flexibility index (Phi) is 4.75. The lowest BCUT2D eigenvalue weighted by Gasteiger charge is -2.17. The van der Waals surface area contributed by atoms with E-state index in [1.165, 1.54) is 7.11 Å². The standard InChI is InChI=1S/C12H18N2O3/c1-8(2)6-10(12(15)16)14-9-4-5-13-11(7-9)17-3/h4-5,7-8,10H,6H2,1-3H3,(H,13,14)(H,15,16). The summed E-state index contributed by atoms with van der Waals surface area (Å²) in [7, 11) is 1.52. The average molecular weight is 238 g/mol. The number of carbonyl (C=O) groups is 1. The third-order valence-electron chi connectivity index (χ3n) is 2.29. The van der Waals surface area contributed by atoms with Crippen LogP contribution in [0.3, 0.4) is 0 Å². The largest absolute Gasteiger partial charge is 0.481 e. The van der Waals surface area contributed by atoms with E-state index in [1.54, 1.807) is 18.3 Å². The van der Waals surface area contributed by atoms with Gasteiger partial charge >= 0.3 is 5.97 Å². The van der Waals surface area contributed by atoms with Gasteiger partial charge in [-0.05, 0) is 18.4 Å². The Morgan fingerprint density at radius 1 is 1.59 bits per heavy atom. The van der Waals surface area contributed by atoms with Gasteiger partial charge in [0.05, 0.1) is 7.11 Å². The highest BCUT2D eigenvalue weighted by atomic mass is 16.5. The lowest BCUT2D eigenvalue weighted by molar-refractivity contribution is -0.138. The Bertz CT molecular complexity index is 380. The fourth-order valence-electron chi connectivity index (χ4n) is 1.50. The first kappa shape index (κ1) is 13.3. The number of aromatic nitrogens is 1. The number of anilines is 1. The van der Waals surface area contributed by atoms with Crippen LogP contribution in [0.1, 0.15) is 20.3 Å². The van der Waals surface area contributed by atoms with Gasteiger partial charge in [-0.25, -0.2) is 9.78 Å². The quantitative estimate of drug-likeness (QED) is 0.793. The summed E-state index contributed by atoms with van der Waals surface area (Å²) in [5.74, 6) is -0.0782. The molecule has 0 saturated heterocycles. The number of hydrogen-bond donors (Lipinski definition) is 2. The van der Waals surface area contributed by atoms with Gasteiger partial charge in [0, 0.05) is 18.0 Å². The van der Waals surface area contributed by atoms with E-state index in [9.17, 15) is 4.79 Å². The van der Waals surface area contributed by atoms with Gasteiger partial charge in [-0.1, -0.05) is 13.8 Å². The third kappa shape index (κ3) is 4.30. The number of carboxylic acids is 1. The van der Waals surface area contributed by atoms with Crippen molar-refractivity contribution < 1.29 is 14.6 Å². The molecule has 0 amide bonds. The van der Waals surface area contributed by atoms with Gasteiger partial charge in [0.1, 0.15) is 6.04 Å². The molecule has 0 saturated carbocycles. The van der Waals surface area contributed by atoms with Crippen LogP contribution in [0.25, 0.3) is 0 Å². The molecule has 2 N–H and O–H groups in total. The van der Waals surface area contributed by atoms with E-state index in [4.69, 9.17) is 9.84 Å². The van der Waals surface area contributed by atoms with Crippen molar-refractivity contribution in [2.75, 3.05) is 12.4 Å². The summed E-state index contributed by atoms with van der Waals surface area (Å²) >= 11 is 0. The van der Waals surface area contributed by atoms with E-state index >= 15 is 0 Å². The summed E-state index contributed by atoms with van der Waals surface area (Å²) in [4.78, 5) is 15.0. The maximum absolute atomic E-state index is 11.1. The molecule has 1 atom stereocenters. The highest BCUT2D eigenvalue weighted by Crippen LogP contribution is 2.17. The van der Waals surface area contributed by atoms with E-state index < -0.39 is 12.0 Å². The topological polar surface area (TPSA) is 71.5 Å². The molecular formula is C12H18N2O3. The molecule has 1 aromatic rings. The van der Waals surface area contributed by atoms with Crippen LogP contribution < -0.4 is 10.1 Å². The molecule has 0 aromatic carbocycles. The maximum atomic E-state index is 11.1. The molecule has 1 unspecified atom stereocenters. The normalized spacial score (nSPS) is 12.2. The second-order valence-corrected chi connectivity index (χ2v) is 4.25. The third-order valence-corrected chi connectivity index (χ3v) is 2.29. The summed E-state index contributed by atoms with van der Waals surface area (Å²) in [6, 6.07) is 2.80. The Hall–Kier alpha value is -1.78. The molecule has 0 bridgehead atoms. The average Bonchev–Trinajstić information content (AvgIpc) is 2.27. The molecule has 0 radical (unpaired) electrons. The molecule has 0 aliphatic carbocycles. The molecule has 17 heavy (non-hydrogen) atoms. The fourth-order valence-corrected chi connectivity index (χ4v) is 1.50. The zero-order valence-corrected chi connectivity index (χ0v) is 10.3. The first-order valence-electron chi connectivity index (χ1n) is 5.52. The van der Waals surface area contributed by atoms with Gasteiger partial charge in [0.2, 0.25) is 5.88 Å². The number of methoxy groups -OCH3 is 1. The molecule has 1 heterocycles. The fraction of sp³-hybridized carbons (Fsp3) is 0.500. The number of nitrogens with one attached hydrogen (secondary N) is 1. The molecular weight excluding hydrogens is 220 g/mol. The summed E-state index contributed by atoms with van der Waals surface area (Å²) in [6.45, 7) is 3.98. The predicted octanol–water partition coefficient (Wildman–Crippen LogP) is 2.00. The van der Waals surface area contributed by atoms with E-state index in [2.05, 4.69) is 10.3 Å². The highest BCUT2D eigenvalue weighted by Gasteiger charge is 2.18. The van der Waals surface area contributed by atoms with Crippen LogP contribution >= 0.6 is 0 Å². The van der Waals surface area contributed by atoms with Crippen LogP contribution in [0.4, 0.5) is 5.69 Å². The number of ether oxygens (including phenoxy) is 1. The van der Waals surface area contributed by atoms with Crippen LogP contribution in [-0.4, -0.2) is 29.2 Å². The van der Waals surface area contributed by atoms with E-state index in [1.807, 2.05) is 13.8 Å². The van der Waals surface area contributed by atoms with Crippen molar-refractivity contribution >= 4 is 11.7 Å². The number of carboxylic acid groups (broad SMARTS) is 1. The molecule has 0 spiro atoms. The van der Waals surface area contributed by atoms with Crippen molar-refractivity contribution in [3.8, 4) is 5.88 Å². The van der Waals surface area contributed by atoms with E-state index in [-0.39, 0.29) is 0 Å². The van der Waals surface area contributed by atoms with Crippen LogP contribution in [0.15, 0.2) is 18.3 Å². The molecule has 94 valence electrons. The van der Waals surface area contributed by atoms with Gasteiger partial charge in [-0.2, -0.15) is 0 Å². The second-order valence-electron chi connectivity index (χ2n) is 4.25. The molecule has 1 rings (SSSR count). The maximum Gasteiger partial charge on any atom is 0.326 e. The summed E-state index contributed by atoms with van der Waals surface area (Å²) in [6.07, 6.45) is 2.15. The van der Waals surface area contributed by atoms with Gasteiger partial charge in [0.15, 0.2) is 0 Å². The van der Waals surface area contributed by atoms with E-state index in [0.29, 0.717) is 23.9 Å². The number of rotatable bonds is 6. The minimum atomic E-state index is -0.852. The van der Waals surface area contributed by atoms with Gasteiger partial charge < -0.3 is 15.2 Å². The van der Waals surface area contributed by atoms with Crippen LogP contribution in [0.2, 0.25) is 0 Å². The Morgan fingerprint density at radius 2 is 2.29 bits per heavy atom. The predicted molar refractivity (Wildman–Crippen MR) is 65.3 cm³/mol. The monoisotopic (exact) mass is 238 g/mol. The van der Waals surface area contributed by atoms with Gasteiger partial charge in [-0.3, -0.25) is 0 Å². The van der Waals surface area contributed by atoms with Crippen LogP contribution in [0, 0.1) is 5.92 Å². The van der Waals surface area contributed by atoms with E-state index in [0.717, 1.165) is 0 Å². The summed E-state index contributed by atoms with van der Waals surface area (Å²) < 4.78 is 4.98. The highest BCUT2D eigenvalue weighted by molar-refractivity contribution is 5.77. The minimum Gasteiger partial charge on any atom is -0.481 e. The number of aliphatic carboxylic acids is 1. The number of hydrogen-bond acceptors (Lipinski definition) is 4. The first-order chi connectivity index (χ1) is 8.02. The molecule has 1 aromatic heterocycles. The molecule has 0 aliphatic rings. The number of pyridine rings is 1. The van der Waals surface area contributed by atoms with Gasteiger partial charge in [-0.15, -0.1) is 0 Å². The first-order valence-corrected chi connectivity index (χ1v) is 5.52. The lowest BCUT2D eigenvalue weighted by Crippen LogP contribution is -2.30. The van der Waals surface area contributed by atoms with Crippen molar-refractivity contribution in [2.45, 2.75) is 26.3 Å². The van der Waals surface area contributed by atoms with Crippen molar-refractivity contribution in [2.24, 2.45) is 5.92 Å². The van der Waals surface area contributed by atoms with Crippen molar-refractivity contribution in [3.63, 3.8) is 0 Å².